The molecule has 0 bridgehead atoms. The number of sulfonamides is 2. The minimum atomic E-state index is -3.78. The van der Waals surface area contributed by atoms with E-state index in [-0.39, 0.29) is 40.7 Å². The van der Waals surface area contributed by atoms with Gasteiger partial charge < -0.3 is 4.57 Å². The number of nitrogens with zero attached hydrogens (tertiary/aromatic N) is 2. The number of fused-ring (bicyclic) bond motifs is 3. The van der Waals surface area contributed by atoms with Crippen molar-refractivity contribution in [2.75, 3.05) is 18.4 Å². The Bertz CT molecular complexity index is 1670. The molecule has 0 saturated carbocycles. The van der Waals surface area contributed by atoms with Crippen molar-refractivity contribution in [1.82, 2.24) is 13.6 Å². The van der Waals surface area contributed by atoms with E-state index in [1.165, 1.54) is 4.31 Å². The number of alkyl halides is 2. The van der Waals surface area contributed by atoms with E-state index in [1.807, 2.05) is 49.7 Å². The van der Waals surface area contributed by atoms with E-state index < -0.39 is 20.0 Å². The van der Waals surface area contributed by atoms with Gasteiger partial charge in [0.25, 0.3) is 0 Å². The van der Waals surface area contributed by atoms with Gasteiger partial charge in [0.15, 0.2) is 0 Å². The third kappa shape index (κ3) is 6.19. The van der Waals surface area contributed by atoms with Gasteiger partial charge in [0.2, 0.25) is 20.0 Å². The largest absolute Gasteiger partial charge is 0.346 e. The average molecular weight is 609 g/mol. The molecule has 3 aromatic carbocycles. The van der Waals surface area contributed by atoms with Gasteiger partial charge in [-0.05, 0) is 49.7 Å². The molecule has 0 spiro atoms. The van der Waals surface area contributed by atoms with Crippen molar-refractivity contribution < 1.29 is 16.8 Å². The third-order valence-electron chi connectivity index (χ3n) is 6.94. The molecule has 11 heteroatoms. The van der Waals surface area contributed by atoms with Gasteiger partial charge in [0.05, 0.1) is 21.7 Å². The van der Waals surface area contributed by atoms with Crippen LogP contribution in [0.5, 0.6) is 0 Å². The van der Waals surface area contributed by atoms with Crippen molar-refractivity contribution in [3.05, 3.63) is 95.2 Å². The van der Waals surface area contributed by atoms with Gasteiger partial charge in [0.1, 0.15) is 0 Å². The van der Waals surface area contributed by atoms with Crippen molar-refractivity contribution in [2.24, 2.45) is 7.05 Å². The monoisotopic (exact) mass is 607 g/mol. The fourth-order valence-corrected chi connectivity index (χ4v) is 7.44. The lowest BCUT2D eigenvalue weighted by molar-refractivity contribution is 0.346. The van der Waals surface area contributed by atoms with E-state index in [4.69, 9.17) is 23.2 Å². The molecule has 0 aliphatic carbocycles. The molecule has 0 unspecified atom stereocenters. The smallest absolute Gasteiger partial charge is 0.243 e. The topological polar surface area (TPSA) is 88.5 Å². The minimum absolute atomic E-state index is 0.0805. The first-order valence-electron chi connectivity index (χ1n) is 12.3. The molecule has 4 aromatic rings. The van der Waals surface area contributed by atoms with E-state index >= 15 is 0 Å². The summed E-state index contributed by atoms with van der Waals surface area (Å²) >= 11 is 9.53. The van der Waals surface area contributed by atoms with Crippen LogP contribution in [-0.2, 0) is 33.6 Å². The minimum Gasteiger partial charge on any atom is -0.346 e. The predicted octanol–water partition coefficient (Wildman–Crippen LogP) is 5.48. The third-order valence-corrected chi connectivity index (χ3v) is 10.2. The maximum atomic E-state index is 13.6. The lowest BCUT2D eigenvalue weighted by Crippen LogP contribution is -2.42. The van der Waals surface area contributed by atoms with Crippen molar-refractivity contribution in [1.29, 1.82) is 0 Å². The molecule has 0 radical (unpaired) electrons. The first kappa shape index (κ1) is 29.6. The van der Waals surface area contributed by atoms with Crippen LogP contribution in [0.3, 0.4) is 0 Å². The Morgan fingerprint density at radius 2 is 1.38 bits per heavy atom. The fourth-order valence-electron chi connectivity index (χ4n) is 4.91. The first-order valence-corrected chi connectivity index (χ1v) is 16.3. The molecule has 39 heavy (non-hydrogen) atoms. The highest BCUT2D eigenvalue weighted by molar-refractivity contribution is 7.89. The Balaban J connectivity index is 0.00000112. The molecule has 0 amide bonds. The summed E-state index contributed by atoms with van der Waals surface area (Å²) in [7, 11) is -5.61. The van der Waals surface area contributed by atoms with Gasteiger partial charge in [-0.2, -0.15) is 4.31 Å². The Morgan fingerprint density at radius 3 is 1.97 bits per heavy atom. The fraction of sp³-hybridized carbons (Fsp3) is 0.286. The van der Waals surface area contributed by atoms with Crippen LogP contribution in [0.15, 0.2) is 82.6 Å². The van der Waals surface area contributed by atoms with Crippen LogP contribution in [0.1, 0.15) is 28.3 Å². The number of hydrogen-bond acceptors (Lipinski definition) is 4. The van der Waals surface area contributed by atoms with Crippen molar-refractivity contribution >= 4 is 54.2 Å². The number of aryl methyl sites for hydroxylation is 3. The summed E-state index contributed by atoms with van der Waals surface area (Å²) in [6.45, 7) is 4.29. The lowest BCUT2D eigenvalue weighted by Gasteiger charge is -2.33. The van der Waals surface area contributed by atoms with Gasteiger partial charge in [0, 0.05) is 42.7 Å². The van der Waals surface area contributed by atoms with Crippen LogP contribution in [-0.4, -0.2) is 44.1 Å². The summed E-state index contributed by atoms with van der Waals surface area (Å²) in [5, 5.41) is 1.21. The van der Waals surface area contributed by atoms with Gasteiger partial charge >= 0.3 is 0 Å². The van der Waals surface area contributed by atoms with E-state index in [1.54, 1.807) is 48.5 Å². The van der Waals surface area contributed by atoms with Crippen LogP contribution >= 0.6 is 23.2 Å². The van der Waals surface area contributed by atoms with Gasteiger partial charge in [-0.3, -0.25) is 0 Å². The SMILES string of the molecule is Cc1ccc(S(=O)(=O)NC[C@H]2CN(S(=O)(=O)c3ccc(C)cc3)Cc3c2c2ccccc2n3C)cc1.ClCCl. The molecule has 2 heterocycles. The highest BCUT2D eigenvalue weighted by Crippen LogP contribution is 2.38. The number of benzene rings is 3. The van der Waals surface area contributed by atoms with Gasteiger partial charge in [-0.1, -0.05) is 53.6 Å². The summed E-state index contributed by atoms with van der Waals surface area (Å²) in [6.07, 6.45) is 0. The maximum absolute atomic E-state index is 13.6. The van der Waals surface area contributed by atoms with Crippen molar-refractivity contribution in [3.63, 3.8) is 0 Å². The van der Waals surface area contributed by atoms with Crippen LogP contribution < -0.4 is 4.72 Å². The van der Waals surface area contributed by atoms with Crippen LogP contribution in [0.2, 0.25) is 0 Å². The number of hydrogen-bond donors (Lipinski definition) is 1. The molecule has 0 saturated heterocycles. The summed E-state index contributed by atoms with van der Waals surface area (Å²) in [6, 6.07) is 21.4. The number of para-hydroxylation sites is 1. The highest BCUT2D eigenvalue weighted by Gasteiger charge is 2.37. The Labute approximate surface area is 240 Å². The van der Waals surface area contributed by atoms with Crippen LogP contribution in [0.25, 0.3) is 10.9 Å². The molecule has 1 aliphatic heterocycles. The molecule has 0 fully saturated rings. The van der Waals surface area contributed by atoms with E-state index in [2.05, 4.69) is 4.72 Å². The van der Waals surface area contributed by atoms with E-state index in [9.17, 15) is 16.8 Å². The highest BCUT2D eigenvalue weighted by atomic mass is 35.5. The second-order valence-electron chi connectivity index (χ2n) is 9.51. The molecule has 1 atom stereocenters. The number of halogens is 2. The quantitative estimate of drug-likeness (QED) is 0.294. The van der Waals surface area contributed by atoms with E-state index in [0.29, 0.717) is 0 Å². The summed E-state index contributed by atoms with van der Waals surface area (Å²) in [4.78, 5) is 0.417. The zero-order chi connectivity index (χ0) is 28.4. The van der Waals surface area contributed by atoms with Gasteiger partial charge in [-0.15, -0.1) is 23.2 Å². The zero-order valence-corrected chi connectivity index (χ0v) is 25.1. The second-order valence-corrected chi connectivity index (χ2v) is 14.0. The number of aromatic nitrogens is 1. The Morgan fingerprint density at radius 1 is 0.846 bits per heavy atom. The summed E-state index contributed by atoms with van der Waals surface area (Å²) < 4.78 is 59.5. The molecule has 1 N–H and O–H groups in total. The average Bonchev–Trinajstić information content (AvgIpc) is 3.20. The lowest BCUT2D eigenvalue weighted by atomic mass is 9.93. The molecule has 5 rings (SSSR count). The normalized spacial score (nSPS) is 16.0. The second kappa shape index (κ2) is 12.0. The van der Waals surface area contributed by atoms with Crippen molar-refractivity contribution in [3.8, 4) is 0 Å². The summed E-state index contributed by atoms with van der Waals surface area (Å²) in [5.74, 6) is -0.361. The molecule has 1 aromatic heterocycles. The number of nitrogens with one attached hydrogen (secondary N) is 1. The first-order chi connectivity index (χ1) is 18.5. The standard InChI is InChI=1S/C27H29N3O4S2.CH2Cl2/c1-19-8-12-22(13-9-19)35(31,32)28-16-21-17-30(36(33,34)23-14-10-20(2)11-15-23)18-26-27(21)24-6-4-5-7-25(24)29(26)3;2-1-3/h4-15,21,28H,16-18H2,1-3H3;1H2/t21-;/m0./s1. The molecule has 7 nitrogen and oxygen atoms in total. The van der Waals surface area contributed by atoms with Crippen LogP contribution in [0, 0.1) is 13.8 Å². The zero-order valence-electron chi connectivity index (χ0n) is 21.9. The molecular weight excluding hydrogens is 577 g/mol. The van der Waals surface area contributed by atoms with Crippen LogP contribution in [0.4, 0.5) is 0 Å². The molecule has 208 valence electrons. The predicted molar refractivity (Wildman–Crippen MR) is 157 cm³/mol. The van der Waals surface area contributed by atoms with Gasteiger partial charge in [-0.25, -0.2) is 21.6 Å². The summed E-state index contributed by atoms with van der Waals surface area (Å²) in [5.41, 5.74) is 4.81. The maximum Gasteiger partial charge on any atom is 0.243 e. The Kier molecular flexibility index (Phi) is 9.10. The van der Waals surface area contributed by atoms with E-state index in [0.717, 1.165) is 33.3 Å². The number of rotatable bonds is 6. The Hall–Kier alpha value is -2.40. The molecular formula is C28H31Cl2N3O4S2. The van der Waals surface area contributed by atoms with Crippen molar-refractivity contribution in [2.45, 2.75) is 36.1 Å². The molecule has 1 aliphatic rings.